The Kier molecular flexibility index (Phi) is 22.2. The van der Waals surface area contributed by atoms with Crippen LogP contribution in [0.25, 0.3) is 22.3 Å². The zero-order chi connectivity index (χ0) is 49.5. The number of likely N-dealkylation sites (N-methyl/N-ethyl adjacent to an activating group) is 4. The summed E-state index contributed by atoms with van der Waals surface area (Å²) in [4.78, 5) is 45.4. The van der Waals surface area contributed by atoms with Crippen LogP contribution in [-0.4, -0.2) is 81.8 Å². The number of ether oxygens (including phenoxy) is 2. The summed E-state index contributed by atoms with van der Waals surface area (Å²) in [5.74, 6) is 2.26. The van der Waals surface area contributed by atoms with Crippen LogP contribution in [0, 0.1) is 0 Å². The van der Waals surface area contributed by atoms with Crippen LogP contribution in [0.3, 0.4) is 0 Å². The average molecular weight is 919 g/mol. The van der Waals surface area contributed by atoms with E-state index in [2.05, 4.69) is 81.9 Å². The molecule has 6 aromatic carbocycles. The van der Waals surface area contributed by atoms with Crippen molar-refractivity contribution in [2.75, 3.05) is 35.0 Å². The number of hydrogen-bond acceptors (Lipinski definition) is 10. The van der Waals surface area contributed by atoms with Crippen molar-refractivity contribution in [3.63, 3.8) is 0 Å². The fourth-order valence-corrected chi connectivity index (χ4v) is 7.43. The second-order valence-corrected chi connectivity index (χ2v) is 17.1. The van der Waals surface area contributed by atoms with Crippen molar-refractivity contribution in [3.05, 3.63) is 180 Å². The third kappa shape index (κ3) is 17.3. The summed E-state index contributed by atoms with van der Waals surface area (Å²) in [6.45, 7) is 8.70. The second kappa shape index (κ2) is 27.9. The maximum Gasteiger partial charge on any atom is 0.231 e. The van der Waals surface area contributed by atoms with E-state index in [0.29, 0.717) is 6.42 Å². The van der Waals surface area contributed by atoms with E-state index in [1.54, 1.807) is 27.7 Å². The highest BCUT2D eigenvalue weighted by Crippen LogP contribution is 2.36. The Hall–Kier alpha value is -6.56. The number of carbonyl (C=O) groups is 4. The molecule has 0 amide bonds. The number of fused-ring (bicyclic) bond motifs is 1. The molecular formula is C58H70N4O6. The molecule has 3 unspecified atom stereocenters. The minimum atomic E-state index is -0.443. The van der Waals surface area contributed by atoms with E-state index in [0.717, 1.165) is 47.5 Å². The fourth-order valence-electron chi connectivity index (χ4n) is 7.43. The summed E-state index contributed by atoms with van der Waals surface area (Å²) >= 11 is 0. The molecule has 1 aliphatic heterocycles. The topological polar surface area (TPSA) is 135 Å². The van der Waals surface area contributed by atoms with Crippen LogP contribution < -0.4 is 30.7 Å². The number of hydrogen-bond donors (Lipinski definition) is 4. The summed E-state index contributed by atoms with van der Waals surface area (Å²) in [5, 5.41) is 12.2. The maximum absolute atomic E-state index is 11.5. The lowest BCUT2D eigenvalue weighted by Crippen LogP contribution is -2.48. The van der Waals surface area contributed by atoms with Gasteiger partial charge in [0.2, 0.25) is 6.79 Å². The molecule has 10 heteroatoms. The highest BCUT2D eigenvalue weighted by molar-refractivity contribution is 5.86. The van der Waals surface area contributed by atoms with Gasteiger partial charge in [0, 0.05) is 0 Å². The first-order valence-corrected chi connectivity index (χ1v) is 23.1. The molecule has 0 aromatic heterocycles. The van der Waals surface area contributed by atoms with Gasteiger partial charge in [0.15, 0.2) is 11.5 Å². The lowest BCUT2D eigenvalue weighted by Gasteiger charge is -2.26. The average Bonchev–Trinajstić information content (AvgIpc) is 3.84. The zero-order valence-corrected chi connectivity index (χ0v) is 41.2. The molecule has 0 saturated carbocycles. The van der Waals surface area contributed by atoms with Gasteiger partial charge in [0.05, 0.1) is 23.7 Å². The second-order valence-electron chi connectivity index (χ2n) is 17.1. The molecule has 358 valence electrons. The predicted molar refractivity (Wildman–Crippen MR) is 276 cm³/mol. The van der Waals surface area contributed by atoms with Gasteiger partial charge in [-0.25, -0.2) is 0 Å². The van der Waals surface area contributed by atoms with Crippen LogP contribution in [-0.2, 0) is 44.9 Å². The Bertz CT molecular complexity index is 2460. The third-order valence-corrected chi connectivity index (χ3v) is 12.1. The van der Waals surface area contributed by atoms with Gasteiger partial charge in [-0.15, -0.1) is 0 Å². The van der Waals surface area contributed by atoms with Crippen LogP contribution in [0.4, 0.5) is 0 Å². The molecule has 6 aromatic rings. The van der Waals surface area contributed by atoms with Crippen molar-refractivity contribution >= 4 is 23.1 Å². The van der Waals surface area contributed by atoms with E-state index in [9.17, 15) is 19.2 Å². The summed E-state index contributed by atoms with van der Waals surface area (Å²) in [7, 11) is 7.27. The van der Waals surface area contributed by atoms with E-state index in [1.165, 1.54) is 27.8 Å². The number of ketones is 4. The van der Waals surface area contributed by atoms with Crippen LogP contribution in [0.15, 0.2) is 158 Å². The highest BCUT2D eigenvalue weighted by Gasteiger charge is 2.27. The van der Waals surface area contributed by atoms with Crippen LogP contribution in [0.1, 0.15) is 56.9 Å². The predicted octanol–water partition coefficient (Wildman–Crippen LogP) is 9.08. The lowest BCUT2D eigenvalue weighted by molar-refractivity contribution is -0.122. The Morgan fingerprint density at radius 1 is 0.456 bits per heavy atom. The van der Waals surface area contributed by atoms with Gasteiger partial charge in [-0.2, -0.15) is 0 Å². The van der Waals surface area contributed by atoms with Gasteiger partial charge in [-0.05, 0) is 145 Å². The quantitative estimate of drug-likeness (QED) is 0.0662. The normalized spacial score (nSPS) is 13.3. The Balaban J connectivity index is 0.000000202. The molecule has 0 aliphatic carbocycles. The molecule has 10 nitrogen and oxygen atoms in total. The SMILES string of the molecule is CNC(C)(Cc1ccccc1)C(C)=O.CNC(Cc1ccc(-c2ccccc2)cc1)C(C)=O.CNC(Cc1ccccc1)C(C)=O.CN[C@@H](Cc1ccc(-c2ccc3c(c2)OCO3)cc1)C(C)=O. The minimum Gasteiger partial charge on any atom is -0.454 e. The minimum absolute atomic E-state index is 0.0533. The molecule has 4 atom stereocenters. The molecule has 68 heavy (non-hydrogen) atoms. The molecular weight excluding hydrogens is 849 g/mol. The largest absolute Gasteiger partial charge is 0.454 e. The monoisotopic (exact) mass is 919 g/mol. The Labute approximate surface area is 404 Å². The number of rotatable bonds is 18. The Morgan fingerprint density at radius 3 is 1.21 bits per heavy atom. The van der Waals surface area contributed by atoms with Gasteiger partial charge >= 0.3 is 0 Å². The standard InChI is InChI=1S/C18H19NO3.C17H19NO.C12H17NO.C11H15NO/c1-12(20)16(19-2)9-13-3-5-14(6-4-13)15-7-8-17-18(10-15)22-11-21-17;1-13(19)17(18-2)12-14-8-10-16(11-9-14)15-6-4-3-5-7-15;1-10(14)12(2,13-3)9-11-7-5-4-6-8-11;1-9(13)11(12-2)8-10-6-4-3-5-7-10/h3-8,10,16,19H,9,11H2,1-2H3;3-11,17-18H,12H2,1-2H3;4-8,13H,9H2,1-3H3;3-7,11-12H,8H2,1-2H3/t16-;;;/m0.../s1. The van der Waals surface area contributed by atoms with Crippen molar-refractivity contribution in [3.8, 4) is 33.8 Å². The van der Waals surface area contributed by atoms with Gasteiger partial charge in [0.1, 0.15) is 23.1 Å². The summed E-state index contributed by atoms with van der Waals surface area (Å²) in [6.07, 6.45) is 2.94. The van der Waals surface area contributed by atoms with Gasteiger partial charge < -0.3 is 30.7 Å². The first kappa shape index (κ1) is 54.0. The van der Waals surface area contributed by atoms with Gasteiger partial charge in [0.25, 0.3) is 0 Å². The van der Waals surface area contributed by atoms with Crippen molar-refractivity contribution in [1.82, 2.24) is 21.3 Å². The van der Waals surface area contributed by atoms with Crippen molar-refractivity contribution in [2.45, 2.75) is 84.0 Å². The number of benzene rings is 6. The van der Waals surface area contributed by atoms with Crippen molar-refractivity contribution in [2.24, 2.45) is 0 Å². The molecule has 0 radical (unpaired) electrons. The zero-order valence-electron chi connectivity index (χ0n) is 41.2. The maximum atomic E-state index is 11.5. The first-order valence-electron chi connectivity index (χ1n) is 23.1. The molecule has 0 fully saturated rings. The molecule has 0 spiro atoms. The molecule has 0 saturated heterocycles. The fraction of sp³-hybridized carbons (Fsp3) is 0.310. The molecule has 7 rings (SSSR count). The lowest BCUT2D eigenvalue weighted by atomic mass is 9.89. The van der Waals surface area contributed by atoms with Crippen LogP contribution >= 0.6 is 0 Å². The summed E-state index contributed by atoms with van der Waals surface area (Å²) in [5.41, 5.74) is 8.86. The van der Waals surface area contributed by atoms with E-state index in [4.69, 9.17) is 9.47 Å². The van der Waals surface area contributed by atoms with E-state index < -0.39 is 5.54 Å². The van der Waals surface area contributed by atoms with Gasteiger partial charge in [-0.1, -0.05) is 146 Å². The van der Waals surface area contributed by atoms with Gasteiger partial charge in [-0.3, -0.25) is 19.2 Å². The molecule has 1 aliphatic rings. The molecule has 1 heterocycles. The van der Waals surface area contributed by atoms with Crippen molar-refractivity contribution < 1.29 is 28.7 Å². The highest BCUT2D eigenvalue weighted by atomic mass is 16.7. The Morgan fingerprint density at radius 2 is 0.809 bits per heavy atom. The third-order valence-electron chi connectivity index (χ3n) is 12.1. The van der Waals surface area contributed by atoms with E-state index >= 15 is 0 Å². The number of nitrogens with one attached hydrogen (secondary N) is 4. The number of Topliss-reactive ketones (excluding diaryl/α,β-unsaturated/α-hetero) is 4. The molecule has 4 N–H and O–H groups in total. The smallest absolute Gasteiger partial charge is 0.231 e. The van der Waals surface area contributed by atoms with Crippen LogP contribution in [0.5, 0.6) is 11.5 Å². The number of carbonyl (C=O) groups excluding carboxylic acids is 4. The van der Waals surface area contributed by atoms with E-state index in [-0.39, 0.29) is 48.1 Å². The first-order chi connectivity index (χ1) is 32.7. The van der Waals surface area contributed by atoms with Crippen molar-refractivity contribution in [1.29, 1.82) is 0 Å². The van der Waals surface area contributed by atoms with Crippen LogP contribution in [0.2, 0.25) is 0 Å². The van der Waals surface area contributed by atoms with E-state index in [1.807, 2.05) is 132 Å². The summed E-state index contributed by atoms with van der Waals surface area (Å²) < 4.78 is 10.7. The summed E-state index contributed by atoms with van der Waals surface area (Å²) in [6, 6.07) is 52.7. The molecule has 0 bridgehead atoms.